The molecule has 1 saturated heterocycles. The van der Waals surface area contributed by atoms with Crippen molar-refractivity contribution < 1.29 is 36.6 Å². The Bertz CT molecular complexity index is 866. The van der Waals surface area contributed by atoms with Gasteiger partial charge in [0.15, 0.2) is 0 Å². The lowest BCUT2D eigenvalue weighted by Gasteiger charge is -2.16. The van der Waals surface area contributed by atoms with Crippen LogP contribution in [0.3, 0.4) is 0 Å². The zero-order chi connectivity index (χ0) is 21.6. The molecule has 5 nitrogen and oxygen atoms in total. The maximum atomic E-state index is 13.6. The molecule has 3 rings (SSSR count). The Kier molecular flexibility index (Phi) is 7.15. The van der Waals surface area contributed by atoms with Crippen molar-refractivity contribution >= 4 is 11.6 Å². The molecule has 0 aromatic heterocycles. The van der Waals surface area contributed by atoms with Crippen LogP contribution in [0.15, 0.2) is 42.5 Å². The highest BCUT2D eigenvalue weighted by atomic mass is 19.4. The Balaban J connectivity index is 1.60. The van der Waals surface area contributed by atoms with Crippen LogP contribution in [-0.4, -0.2) is 31.6 Å². The highest BCUT2D eigenvalue weighted by Gasteiger charge is 2.32. The van der Waals surface area contributed by atoms with Crippen molar-refractivity contribution in [2.24, 2.45) is 0 Å². The maximum absolute atomic E-state index is 13.6. The van der Waals surface area contributed by atoms with E-state index in [1.165, 1.54) is 30.3 Å². The van der Waals surface area contributed by atoms with Crippen LogP contribution in [0.2, 0.25) is 0 Å². The first kappa shape index (κ1) is 21.9. The van der Waals surface area contributed by atoms with Crippen molar-refractivity contribution in [3.63, 3.8) is 0 Å². The average Bonchev–Trinajstić information content (AvgIpc) is 3.19. The lowest BCUT2D eigenvalue weighted by Crippen LogP contribution is -2.19. The summed E-state index contributed by atoms with van der Waals surface area (Å²) >= 11 is 0. The molecule has 1 fully saturated rings. The fourth-order valence-corrected chi connectivity index (χ4v) is 3.08. The average molecular weight is 427 g/mol. The smallest absolute Gasteiger partial charge is 0.489 e. The van der Waals surface area contributed by atoms with Crippen LogP contribution in [0, 0.1) is 5.82 Å². The van der Waals surface area contributed by atoms with Crippen LogP contribution < -0.4 is 14.8 Å². The second kappa shape index (κ2) is 9.80. The minimum absolute atomic E-state index is 0.0134. The second-order valence-electron chi connectivity index (χ2n) is 6.79. The summed E-state index contributed by atoms with van der Waals surface area (Å²) in [6.45, 7) is 0.942. The standard InChI is InChI=1S/C21H21F4NO4/c22-15-8-9-19(29-13-16-5-3-11-28-16)17(12-15)26-20(27)10-7-14-4-1-2-6-18(14)30-21(23,24)25/h1-2,4,6,8-9,12,16H,3,5,7,10-11,13H2,(H,26,27). The molecule has 1 unspecified atom stereocenters. The summed E-state index contributed by atoms with van der Waals surface area (Å²) in [7, 11) is 0. The highest BCUT2D eigenvalue weighted by Crippen LogP contribution is 2.29. The van der Waals surface area contributed by atoms with Gasteiger partial charge in [0.2, 0.25) is 5.91 Å². The van der Waals surface area contributed by atoms with Crippen LogP contribution in [0.5, 0.6) is 11.5 Å². The summed E-state index contributed by atoms with van der Waals surface area (Å²) in [5.41, 5.74) is 0.386. The fourth-order valence-electron chi connectivity index (χ4n) is 3.08. The summed E-state index contributed by atoms with van der Waals surface area (Å²) in [6.07, 6.45) is -3.18. The number of hydrogen-bond donors (Lipinski definition) is 1. The molecule has 1 heterocycles. The number of alkyl halides is 3. The molecule has 0 saturated carbocycles. The van der Waals surface area contributed by atoms with E-state index in [1.54, 1.807) is 6.07 Å². The van der Waals surface area contributed by atoms with Crippen molar-refractivity contribution in [2.75, 3.05) is 18.5 Å². The first-order valence-electron chi connectivity index (χ1n) is 9.47. The number of halogens is 4. The molecular formula is C21H21F4NO4. The van der Waals surface area contributed by atoms with Gasteiger partial charge in [0.05, 0.1) is 11.8 Å². The van der Waals surface area contributed by atoms with Crippen LogP contribution in [-0.2, 0) is 16.0 Å². The van der Waals surface area contributed by atoms with E-state index in [0.717, 1.165) is 18.9 Å². The first-order chi connectivity index (χ1) is 14.3. The Labute approximate surface area is 170 Å². The van der Waals surface area contributed by atoms with Gasteiger partial charge in [-0.15, -0.1) is 13.2 Å². The third kappa shape index (κ3) is 6.62. The maximum Gasteiger partial charge on any atom is 0.573 e. The summed E-state index contributed by atoms with van der Waals surface area (Å²) in [4.78, 5) is 12.3. The van der Waals surface area contributed by atoms with Gasteiger partial charge in [0.25, 0.3) is 0 Å². The molecule has 1 N–H and O–H groups in total. The quantitative estimate of drug-likeness (QED) is 0.612. The molecule has 0 spiro atoms. The van der Waals surface area contributed by atoms with Gasteiger partial charge >= 0.3 is 6.36 Å². The van der Waals surface area contributed by atoms with Crippen LogP contribution in [0.4, 0.5) is 23.2 Å². The number of nitrogens with one attached hydrogen (secondary N) is 1. The van der Waals surface area contributed by atoms with Crippen molar-refractivity contribution in [1.82, 2.24) is 0 Å². The molecule has 30 heavy (non-hydrogen) atoms. The molecule has 1 aliphatic rings. The van der Waals surface area contributed by atoms with Gasteiger partial charge in [-0.2, -0.15) is 0 Å². The highest BCUT2D eigenvalue weighted by molar-refractivity contribution is 5.92. The minimum Gasteiger partial charge on any atom is -0.489 e. The van der Waals surface area contributed by atoms with E-state index in [1.807, 2.05) is 0 Å². The third-order valence-electron chi connectivity index (χ3n) is 4.48. The molecule has 162 valence electrons. The molecule has 1 amide bonds. The summed E-state index contributed by atoms with van der Waals surface area (Å²) in [5, 5.41) is 2.56. The van der Waals surface area contributed by atoms with Crippen molar-refractivity contribution in [3.05, 3.63) is 53.8 Å². The number of hydrogen-bond acceptors (Lipinski definition) is 4. The second-order valence-corrected chi connectivity index (χ2v) is 6.79. The Morgan fingerprint density at radius 1 is 1.17 bits per heavy atom. The Hall–Kier alpha value is -2.81. The van der Waals surface area contributed by atoms with Gasteiger partial charge in [-0.25, -0.2) is 4.39 Å². The van der Waals surface area contributed by atoms with E-state index in [-0.39, 0.29) is 42.6 Å². The number of amides is 1. The number of rotatable bonds is 8. The fraction of sp³-hybridized carbons (Fsp3) is 0.381. The van der Waals surface area contributed by atoms with Gasteiger partial charge < -0.3 is 19.5 Å². The lowest BCUT2D eigenvalue weighted by atomic mass is 10.1. The SMILES string of the molecule is O=C(CCc1ccccc1OC(F)(F)F)Nc1cc(F)ccc1OCC1CCCO1. The van der Waals surface area contributed by atoms with Gasteiger partial charge in [-0.3, -0.25) is 4.79 Å². The zero-order valence-electron chi connectivity index (χ0n) is 16.0. The largest absolute Gasteiger partial charge is 0.573 e. The number of benzene rings is 2. The zero-order valence-corrected chi connectivity index (χ0v) is 16.0. The molecule has 1 aliphatic heterocycles. The van der Waals surface area contributed by atoms with Crippen molar-refractivity contribution in [2.45, 2.75) is 38.1 Å². The van der Waals surface area contributed by atoms with E-state index >= 15 is 0 Å². The van der Waals surface area contributed by atoms with Gasteiger partial charge in [0.1, 0.15) is 23.9 Å². The number of carbonyl (C=O) groups is 1. The Morgan fingerprint density at radius 2 is 1.97 bits per heavy atom. The molecule has 2 aromatic rings. The summed E-state index contributed by atoms with van der Waals surface area (Å²) in [5.74, 6) is -1.12. The molecule has 0 radical (unpaired) electrons. The van der Waals surface area contributed by atoms with Crippen LogP contribution >= 0.6 is 0 Å². The summed E-state index contributed by atoms with van der Waals surface area (Å²) in [6, 6.07) is 9.35. The molecule has 1 atom stereocenters. The predicted molar refractivity (Wildman–Crippen MR) is 101 cm³/mol. The van der Waals surface area contributed by atoms with Gasteiger partial charge in [-0.05, 0) is 43.0 Å². The van der Waals surface area contributed by atoms with Crippen molar-refractivity contribution in [3.8, 4) is 11.5 Å². The number of aryl methyl sites for hydroxylation is 1. The van der Waals surface area contributed by atoms with Crippen LogP contribution in [0.25, 0.3) is 0 Å². The predicted octanol–water partition coefficient (Wildman–Crippen LogP) is 4.85. The summed E-state index contributed by atoms with van der Waals surface area (Å²) < 4.78 is 66.3. The van der Waals surface area contributed by atoms with E-state index in [0.29, 0.717) is 12.4 Å². The minimum atomic E-state index is -4.82. The Morgan fingerprint density at radius 3 is 2.70 bits per heavy atom. The van der Waals surface area contributed by atoms with E-state index in [4.69, 9.17) is 9.47 Å². The van der Waals surface area contributed by atoms with E-state index in [9.17, 15) is 22.4 Å². The molecule has 2 aromatic carbocycles. The van der Waals surface area contributed by atoms with Crippen LogP contribution in [0.1, 0.15) is 24.8 Å². The van der Waals surface area contributed by atoms with Gasteiger partial charge in [-0.1, -0.05) is 18.2 Å². The molecule has 9 heteroatoms. The monoisotopic (exact) mass is 427 g/mol. The molecule has 0 aliphatic carbocycles. The third-order valence-corrected chi connectivity index (χ3v) is 4.48. The van der Waals surface area contributed by atoms with E-state index < -0.39 is 18.1 Å². The lowest BCUT2D eigenvalue weighted by molar-refractivity contribution is -0.274. The number of ether oxygens (including phenoxy) is 3. The van der Waals surface area contributed by atoms with Gasteiger partial charge in [0, 0.05) is 19.1 Å². The van der Waals surface area contributed by atoms with Crippen molar-refractivity contribution in [1.29, 1.82) is 0 Å². The molecule has 0 bridgehead atoms. The molecular weight excluding hydrogens is 406 g/mol. The topological polar surface area (TPSA) is 56.8 Å². The first-order valence-corrected chi connectivity index (χ1v) is 9.47. The normalized spacial score (nSPS) is 16.3. The number of para-hydroxylation sites is 1. The number of carbonyl (C=O) groups excluding carboxylic acids is 1. The van der Waals surface area contributed by atoms with E-state index in [2.05, 4.69) is 10.1 Å². The number of anilines is 1.